The molecule has 3 aromatic heterocycles. The van der Waals surface area contributed by atoms with Gasteiger partial charge in [-0.1, -0.05) is 6.92 Å². The molecule has 2 aliphatic rings. The van der Waals surface area contributed by atoms with Gasteiger partial charge in [-0.15, -0.1) is 0 Å². The van der Waals surface area contributed by atoms with Gasteiger partial charge >= 0.3 is 5.69 Å². The fraction of sp³-hybridized carbons (Fsp3) is 0.480. The number of methoxy groups -OCH3 is 1. The lowest BCUT2D eigenvalue weighted by Gasteiger charge is -2.35. The summed E-state index contributed by atoms with van der Waals surface area (Å²) in [6.45, 7) is 3.78. The summed E-state index contributed by atoms with van der Waals surface area (Å²) in [5.74, 6) is 0.669. The number of pyridine rings is 1. The molecule has 1 saturated carbocycles. The molecular weight excluding hydrogens is 432 g/mol. The lowest BCUT2D eigenvalue weighted by Crippen LogP contribution is -2.51. The summed E-state index contributed by atoms with van der Waals surface area (Å²) in [5, 5.41) is 7.99. The van der Waals surface area contributed by atoms with E-state index in [4.69, 9.17) is 9.47 Å². The molecule has 4 heterocycles. The first-order valence-electron chi connectivity index (χ1n) is 12.1. The molecule has 2 fully saturated rings. The van der Waals surface area contributed by atoms with Gasteiger partial charge in [0, 0.05) is 23.8 Å². The molecular formula is C25H30N6O3. The number of aromatic nitrogens is 5. The van der Waals surface area contributed by atoms with Gasteiger partial charge in [0.15, 0.2) is 11.4 Å². The van der Waals surface area contributed by atoms with Gasteiger partial charge in [-0.2, -0.15) is 5.10 Å². The molecule has 0 spiro atoms. The second kappa shape index (κ2) is 8.56. The molecule has 0 unspecified atom stereocenters. The van der Waals surface area contributed by atoms with Crippen molar-refractivity contribution in [3.8, 4) is 16.9 Å². The molecule has 1 aliphatic carbocycles. The number of aryl methyl sites for hydroxylation is 1. The molecule has 9 nitrogen and oxygen atoms in total. The van der Waals surface area contributed by atoms with Gasteiger partial charge < -0.3 is 19.8 Å². The standard InChI is InChI=1S/C25H30N6O3/c1-3-15-8-22-21(10-20(15)16-9-23(33-2)24-26-14-27-30(24)11-16)29-25(32)31(22)19-6-4-17(5-7-19)28-18-12-34-13-18/h8-11,14,17-19,28H,3-7,12-13H2,1-2H3,(H,29,32)/t17-,19+. The smallest absolute Gasteiger partial charge is 0.326 e. The molecule has 0 radical (unpaired) electrons. The number of H-pyrrole nitrogens is 1. The molecule has 6 rings (SSSR count). The third-order valence-electron chi connectivity index (χ3n) is 7.37. The van der Waals surface area contributed by atoms with Crippen LogP contribution in [0.2, 0.25) is 0 Å². The minimum absolute atomic E-state index is 0.0256. The van der Waals surface area contributed by atoms with Gasteiger partial charge in [0.05, 0.1) is 37.4 Å². The Morgan fingerprint density at radius 1 is 1.18 bits per heavy atom. The van der Waals surface area contributed by atoms with E-state index in [-0.39, 0.29) is 11.7 Å². The van der Waals surface area contributed by atoms with Crippen molar-refractivity contribution in [2.45, 2.75) is 57.2 Å². The highest BCUT2D eigenvalue weighted by Crippen LogP contribution is 2.35. The van der Waals surface area contributed by atoms with Crippen LogP contribution in [0.4, 0.5) is 0 Å². The van der Waals surface area contributed by atoms with Crippen molar-refractivity contribution >= 4 is 16.7 Å². The predicted molar refractivity (Wildman–Crippen MR) is 130 cm³/mol. The first-order chi connectivity index (χ1) is 16.6. The van der Waals surface area contributed by atoms with Crippen molar-refractivity contribution in [1.29, 1.82) is 0 Å². The summed E-state index contributed by atoms with van der Waals surface area (Å²) >= 11 is 0. The fourth-order valence-electron chi connectivity index (χ4n) is 5.50. The quantitative estimate of drug-likeness (QED) is 0.457. The Hall–Kier alpha value is -3.17. The van der Waals surface area contributed by atoms with Crippen LogP contribution in [0, 0.1) is 0 Å². The summed E-state index contributed by atoms with van der Waals surface area (Å²) < 4.78 is 14.6. The van der Waals surface area contributed by atoms with E-state index in [0.717, 1.165) is 67.5 Å². The number of fused-ring (bicyclic) bond motifs is 2. The van der Waals surface area contributed by atoms with Crippen LogP contribution >= 0.6 is 0 Å². The summed E-state index contributed by atoms with van der Waals surface area (Å²) in [7, 11) is 1.64. The normalized spacial score (nSPS) is 21.2. The van der Waals surface area contributed by atoms with E-state index in [1.807, 2.05) is 16.8 Å². The highest BCUT2D eigenvalue weighted by molar-refractivity contribution is 5.85. The summed E-state index contributed by atoms with van der Waals surface area (Å²) in [6, 6.07) is 7.49. The first kappa shape index (κ1) is 21.4. The van der Waals surface area contributed by atoms with Crippen LogP contribution < -0.4 is 15.7 Å². The highest BCUT2D eigenvalue weighted by Gasteiger charge is 2.28. The zero-order valence-electron chi connectivity index (χ0n) is 19.6. The minimum Gasteiger partial charge on any atom is -0.493 e. The number of benzene rings is 1. The number of hydrogen-bond acceptors (Lipinski definition) is 6. The van der Waals surface area contributed by atoms with E-state index in [1.165, 1.54) is 11.9 Å². The summed E-state index contributed by atoms with van der Waals surface area (Å²) in [5.41, 5.74) is 5.73. The number of nitrogens with zero attached hydrogens (tertiary/aromatic N) is 4. The van der Waals surface area contributed by atoms with E-state index in [9.17, 15) is 4.79 Å². The van der Waals surface area contributed by atoms with Gasteiger partial charge in [-0.25, -0.2) is 14.3 Å². The molecule has 178 valence electrons. The van der Waals surface area contributed by atoms with Crippen LogP contribution in [0.25, 0.3) is 27.8 Å². The van der Waals surface area contributed by atoms with Crippen LogP contribution in [0.3, 0.4) is 0 Å². The number of rotatable bonds is 6. The average Bonchev–Trinajstić information content (AvgIpc) is 3.43. The average molecular weight is 463 g/mol. The van der Waals surface area contributed by atoms with Crippen molar-refractivity contribution < 1.29 is 9.47 Å². The van der Waals surface area contributed by atoms with Crippen LogP contribution in [-0.4, -0.2) is 56.6 Å². The van der Waals surface area contributed by atoms with Gasteiger partial charge in [0.25, 0.3) is 0 Å². The topological polar surface area (TPSA) is 98.5 Å². The molecule has 34 heavy (non-hydrogen) atoms. The van der Waals surface area contributed by atoms with Crippen molar-refractivity contribution in [3.63, 3.8) is 0 Å². The van der Waals surface area contributed by atoms with Crippen molar-refractivity contribution in [2.24, 2.45) is 0 Å². The van der Waals surface area contributed by atoms with Crippen molar-refractivity contribution in [3.05, 3.63) is 46.8 Å². The molecule has 2 N–H and O–H groups in total. The Balaban J connectivity index is 1.35. The van der Waals surface area contributed by atoms with Crippen LogP contribution in [0.5, 0.6) is 5.75 Å². The monoisotopic (exact) mass is 462 g/mol. The van der Waals surface area contributed by atoms with Gasteiger partial charge in [0.1, 0.15) is 6.33 Å². The Kier molecular flexibility index (Phi) is 5.38. The maximum absolute atomic E-state index is 13.1. The number of hydrogen-bond donors (Lipinski definition) is 2. The van der Waals surface area contributed by atoms with E-state index < -0.39 is 0 Å². The number of imidazole rings is 1. The second-order valence-electron chi connectivity index (χ2n) is 9.41. The van der Waals surface area contributed by atoms with Crippen LogP contribution in [-0.2, 0) is 11.2 Å². The Bertz CT molecular complexity index is 1390. The van der Waals surface area contributed by atoms with Gasteiger partial charge in [-0.05, 0) is 61.4 Å². The minimum atomic E-state index is -0.0256. The molecule has 0 amide bonds. The zero-order chi connectivity index (χ0) is 23.2. The van der Waals surface area contributed by atoms with E-state index in [2.05, 4.69) is 39.4 Å². The molecule has 9 heteroatoms. The molecule has 0 bridgehead atoms. The summed E-state index contributed by atoms with van der Waals surface area (Å²) in [6.07, 6.45) is 8.49. The Morgan fingerprint density at radius 3 is 2.71 bits per heavy atom. The molecule has 1 aromatic carbocycles. The van der Waals surface area contributed by atoms with E-state index in [1.54, 1.807) is 11.6 Å². The molecule has 1 aliphatic heterocycles. The SMILES string of the molecule is CCc1cc2c(cc1-c1cc(OC)c3ncnn3c1)[nH]c(=O)n2[C@H]1CC[C@@H](NC2COC2)CC1. The zero-order valence-corrected chi connectivity index (χ0v) is 19.6. The largest absolute Gasteiger partial charge is 0.493 e. The fourth-order valence-corrected chi connectivity index (χ4v) is 5.50. The molecule has 4 aromatic rings. The maximum atomic E-state index is 13.1. The van der Waals surface area contributed by atoms with E-state index >= 15 is 0 Å². The molecule has 1 saturated heterocycles. The lowest BCUT2D eigenvalue weighted by molar-refractivity contribution is -0.0125. The lowest BCUT2D eigenvalue weighted by atomic mass is 9.90. The first-order valence-corrected chi connectivity index (χ1v) is 12.1. The third kappa shape index (κ3) is 3.59. The number of nitrogens with one attached hydrogen (secondary N) is 2. The Morgan fingerprint density at radius 2 is 2.00 bits per heavy atom. The van der Waals surface area contributed by atoms with E-state index in [0.29, 0.717) is 23.5 Å². The van der Waals surface area contributed by atoms with Crippen LogP contribution in [0.15, 0.2) is 35.5 Å². The third-order valence-corrected chi connectivity index (χ3v) is 7.37. The Labute approximate surface area is 197 Å². The number of aromatic amines is 1. The highest BCUT2D eigenvalue weighted by atomic mass is 16.5. The van der Waals surface area contributed by atoms with Gasteiger partial charge in [0.2, 0.25) is 0 Å². The maximum Gasteiger partial charge on any atom is 0.326 e. The molecule has 0 atom stereocenters. The van der Waals surface area contributed by atoms with Gasteiger partial charge in [-0.3, -0.25) is 4.57 Å². The predicted octanol–water partition coefficient (Wildman–Crippen LogP) is 3.08. The summed E-state index contributed by atoms with van der Waals surface area (Å²) in [4.78, 5) is 20.5. The number of ether oxygens (including phenoxy) is 2. The van der Waals surface area contributed by atoms with Crippen molar-refractivity contribution in [1.82, 2.24) is 29.5 Å². The second-order valence-corrected chi connectivity index (χ2v) is 9.41. The van der Waals surface area contributed by atoms with Crippen LogP contribution in [0.1, 0.15) is 44.2 Å². The van der Waals surface area contributed by atoms with Crippen molar-refractivity contribution in [2.75, 3.05) is 20.3 Å².